The molecule has 3 rings (SSSR count). The number of benzene rings is 2. The standard InChI is InChI=1S/C19H21.2ClH.Zr/c1-3-5-14-7-9-18-16(11-14)13-17-12-15(6-4-2)8-10-19(17)18;;;/h7-11H,3-6,13H2,1-2H3;2*1H;/q-1;;;+3/p-2. The van der Waals surface area contributed by atoms with Crippen LogP contribution in [0.4, 0.5) is 0 Å². The Morgan fingerprint density at radius 3 is 2.27 bits per heavy atom. The summed E-state index contributed by atoms with van der Waals surface area (Å²) in [6.45, 7) is 4.47. The van der Waals surface area contributed by atoms with Gasteiger partial charge in [-0.15, -0.1) is 11.1 Å². The molecule has 0 spiro atoms. The van der Waals surface area contributed by atoms with E-state index in [0.717, 1.165) is 12.8 Å². The van der Waals surface area contributed by atoms with Crippen molar-refractivity contribution in [1.29, 1.82) is 0 Å². The molecule has 0 saturated carbocycles. The van der Waals surface area contributed by atoms with Crippen molar-refractivity contribution < 1.29 is 51.0 Å². The molecule has 3 heteroatoms. The van der Waals surface area contributed by atoms with Crippen molar-refractivity contribution in [3.05, 3.63) is 58.7 Å². The molecule has 0 heterocycles. The molecule has 0 N–H and O–H groups in total. The average Bonchev–Trinajstić information content (AvgIpc) is 2.76. The van der Waals surface area contributed by atoms with Gasteiger partial charge in [0.15, 0.2) is 0 Å². The van der Waals surface area contributed by atoms with Crippen molar-refractivity contribution >= 4 is 0 Å². The third-order valence-electron chi connectivity index (χ3n) is 3.97. The first-order valence-electron chi connectivity index (χ1n) is 7.48. The van der Waals surface area contributed by atoms with Gasteiger partial charge in [0.05, 0.1) is 0 Å². The summed E-state index contributed by atoms with van der Waals surface area (Å²) in [6, 6.07) is 15.2. The van der Waals surface area contributed by atoms with Crippen molar-refractivity contribution in [1.82, 2.24) is 0 Å². The third-order valence-corrected chi connectivity index (χ3v) is 3.97. The van der Waals surface area contributed by atoms with Gasteiger partial charge in [-0.3, -0.25) is 0 Å². The molecule has 115 valence electrons. The predicted molar refractivity (Wildman–Crippen MR) is 81.5 cm³/mol. The summed E-state index contributed by atoms with van der Waals surface area (Å²) in [5, 5.41) is 0. The molecule has 2 aromatic carbocycles. The Balaban J connectivity index is 0.00000147. The fourth-order valence-corrected chi connectivity index (χ4v) is 3.08. The molecule has 2 aromatic rings. The van der Waals surface area contributed by atoms with Crippen LogP contribution in [0.2, 0.25) is 0 Å². The molecule has 0 nitrogen and oxygen atoms in total. The van der Waals surface area contributed by atoms with E-state index in [4.69, 9.17) is 0 Å². The van der Waals surface area contributed by atoms with Gasteiger partial charge in [-0.05, 0) is 24.0 Å². The summed E-state index contributed by atoms with van der Waals surface area (Å²) < 4.78 is 0. The summed E-state index contributed by atoms with van der Waals surface area (Å²) in [5.41, 5.74) is 8.55. The summed E-state index contributed by atoms with van der Waals surface area (Å²) in [6.07, 6.45) is 5.82. The Bertz CT molecular complexity index is 555. The van der Waals surface area contributed by atoms with Gasteiger partial charge < -0.3 is 24.8 Å². The Morgan fingerprint density at radius 2 is 1.59 bits per heavy atom. The molecule has 0 atom stereocenters. The minimum absolute atomic E-state index is 0. The Kier molecular flexibility index (Phi) is 9.87. The van der Waals surface area contributed by atoms with Gasteiger partial charge in [-0.1, -0.05) is 56.9 Å². The van der Waals surface area contributed by atoms with Gasteiger partial charge in [0.1, 0.15) is 0 Å². The molecule has 1 radical (unpaired) electrons. The number of hydrogen-bond donors (Lipinski definition) is 0. The molecule has 0 amide bonds. The van der Waals surface area contributed by atoms with E-state index >= 15 is 0 Å². The van der Waals surface area contributed by atoms with Crippen LogP contribution in [0.25, 0.3) is 11.1 Å². The average molecular weight is 412 g/mol. The Hall–Kier alpha value is -0.0969. The first-order chi connectivity index (χ1) is 9.31. The van der Waals surface area contributed by atoms with Gasteiger partial charge in [0, 0.05) is 0 Å². The fraction of sp³-hybridized carbons (Fsp3) is 0.368. The monoisotopic (exact) mass is 409 g/mol. The summed E-state index contributed by atoms with van der Waals surface area (Å²) >= 11 is 0. The van der Waals surface area contributed by atoms with E-state index in [1.807, 2.05) is 0 Å². The van der Waals surface area contributed by atoms with Crippen LogP contribution in [0.3, 0.4) is 0 Å². The van der Waals surface area contributed by atoms with E-state index in [2.05, 4.69) is 50.2 Å². The number of fused-ring (bicyclic) bond motifs is 3. The quantitative estimate of drug-likeness (QED) is 0.482. The van der Waals surface area contributed by atoms with E-state index in [-0.39, 0.29) is 51.0 Å². The fourth-order valence-electron chi connectivity index (χ4n) is 3.08. The Morgan fingerprint density at radius 1 is 0.909 bits per heavy atom. The third kappa shape index (κ3) is 4.47. The van der Waals surface area contributed by atoms with Crippen LogP contribution in [0.15, 0.2) is 30.3 Å². The molecule has 1 aliphatic carbocycles. The van der Waals surface area contributed by atoms with Crippen LogP contribution in [0.5, 0.6) is 0 Å². The summed E-state index contributed by atoms with van der Waals surface area (Å²) in [4.78, 5) is 0. The number of halogens is 2. The first kappa shape index (κ1) is 21.9. The maximum atomic E-state index is 3.62. The zero-order valence-electron chi connectivity index (χ0n) is 13.2. The second-order valence-corrected chi connectivity index (χ2v) is 5.54. The molecular weight excluding hydrogens is 390 g/mol. The SMILES string of the molecule is CCCc1[c-]c2c(cc1)-c1ccc(CCC)cc1C2.[Cl-].[Cl-].[Zr+3]. The molecule has 0 saturated heterocycles. The maximum absolute atomic E-state index is 3.62. The van der Waals surface area contributed by atoms with Crippen LogP contribution in [0.1, 0.15) is 48.9 Å². The van der Waals surface area contributed by atoms with Gasteiger partial charge in [-0.2, -0.15) is 23.8 Å². The van der Waals surface area contributed by atoms with Gasteiger partial charge >= 0.3 is 26.2 Å². The minimum atomic E-state index is 0. The molecule has 0 aliphatic heterocycles. The predicted octanol–water partition coefficient (Wildman–Crippen LogP) is -1.03. The zero-order chi connectivity index (χ0) is 13.2. The topological polar surface area (TPSA) is 0 Å². The second kappa shape index (κ2) is 9.91. The molecule has 0 fully saturated rings. The van der Waals surface area contributed by atoms with Crippen LogP contribution >= 0.6 is 0 Å². The molecular formula is C19H21Cl2Zr. The molecule has 0 aromatic heterocycles. The van der Waals surface area contributed by atoms with Gasteiger partial charge in [0.25, 0.3) is 0 Å². The largest absolute Gasteiger partial charge is 3.00 e. The Labute approximate surface area is 166 Å². The number of rotatable bonds is 4. The summed E-state index contributed by atoms with van der Waals surface area (Å²) in [5.74, 6) is 0. The van der Waals surface area contributed by atoms with Crippen molar-refractivity contribution in [2.24, 2.45) is 0 Å². The second-order valence-electron chi connectivity index (χ2n) is 5.54. The minimum Gasteiger partial charge on any atom is -1.00 e. The van der Waals surface area contributed by atoms with E-state index < -0.39 is 0 Å². The summed E-state index contributed by atoms with van der Waals surface area (Å²) in [7, 11) is 0. The number of hydrogen-bond acceptors (Lipinski definition) is 0. The van der Waals surface area contributed by atoms with Crippen LogP contribution in [-0.4, -0.2) is 0 Å². The van der Waals surface area contributed by atoms with E-state index in [1.165, 1.54) is 52.6 Å². The van der Waals surface area contributed by atoms with E-state index in [1.54, 1.807) is 0 Å². The van der Waals surface area contributed by atoms with E-state index in [9.17, 15) is 0 Å². The van der Waals surface area contributed by atoms with Crippen molar-refractivity contribution in [2.75, 3.05) is 0 Å². The number of aryl methyl sites for hydroxylation is 2. The molecule has 22 heavy (non-hydrogen) atoms. The normalized spacial score (nSPS) is 10.6. The molecule has 0 bridgehead atoms. The first-order valence-corrected chi connectivity index (χ1v) is 7.48. The van der Waals surface area contributed by atoms with Crippen molar-refractivity contribution in [3.63, 3.8) is 0 Å². The van der Waals surface area contributed by atoms with E-state index in [0.29, 0.717) is 0 Å². The van der Waals surface area contributed by atoms with Crippen molar-refractivity contribution in [2.45, 2.75) is 46.0 Å². The molecule has 1 aliphatic rings. The van der Waals surface area contributed by atoms with Crippen LogP contribution in [-0.2, 0) is 45.5 Å². The van der Waals surface area contributed by atoms with Crippen molar-refractivity contribution in [3.8, 4) is 11.1 Å². The van der Waals surface area contributed by atoms with Gasteiger partial charge in [0.2, 0.25) is 0 Å². The smallest absolute Gasteiger partial charge is 1.00 e. The van der Waals surface area contributed by atoms with Gasteiger partial charge in [-0.25, -0.2) is 0 Å². The van der Waals surface area contributed by atoms with Crippen LogP contribution < -0.4 is 24.8 Å². The molecule has 0 unspecified atom stereocenters. The zero-order valence-corrected chi connectivity index (χ0v) is 17.1. The maximum Gasteiger partial charge on any atom is 3.00 e. The van der Waals surface area contributed by atoms with Crippen LogP contribution in [0, 0.1) is 6.07 Å².